The monoisotopic (exact) mass is 589 g/mol. The molecular weight excluding hydrogens is 557 g/mol. The van der Waals surface area contributed by atoms with E-state index in [1.54, 1.807) is 18.2 Å². The molecule has 3 rings (SSSR count). The van der Waals surface area contributed by atoms with Gasteiger partial charge in [0.05, 0.1) is 10.6 Å². The first-order valence-electron chi connectivity index (χ1n) is 12.7. The number of carbonyl (C=O) groups excluding carboxylic acids is 2. The molecule has 0 unspecified atom stereocenters. The second kappa shape index (κ2) is 13.8. The van der Waals surface area contributed by atoms with E-state index in [2.05, 4.69) is 5.32 Å². The Kier molecular flexibility index (Phi) is 10.8. The highest BCUT2D eigenvalue weighted by Crippen LogP contribution is 2.30. The van der Waals surface area contributed by atoms with Gasteiger partial charge in [0.2, 0.25) is 11.8 Å². The molecule has 0 aliphatic carbocycles. The average Bonchev–Trinajstić information content (AvgIpc) is 2.91. The number of hydrogen-bond donors (Lipinski definition) is 1. The Hall–Kier alpha value is -3.07. The highest BCUT2D eigenvalue weighted by Gasteiger charge is 2.33. The van der Waals surface area contributed by atoms with Gasteiger partial charge in [-0.1, -0.05) is 85.1 Å². The van der Waals surface area contributed by atoms with E-state index < -0.39 is 28.5 Å². The van der Waals surface area contributed by atoms with E-state index in [1.165, 1.54) is 35.2 Å². The quantitative estimate of drug-likeness (QED) is 0.288. The summed E-state index contributed by atoms with van der Waals surface area (Å²) in [6, 6.07) is 19.0. The third-order valence-corrected chi connectivity index (χ3v) is 8.38. The maximum absolute atomic E-state index is 14.0. The zero-order valence-electron chi connectivity index (χ0n) is 22.2. The first kappa shape index (κ1) is 30.5. The summed E-state index contributed by atoms with van der Waals surface area (Å²) in [6.45, 7) is 5.77. The molecule has 0 fully saturated rings. The van der Waals surface area contributed by atoms with Crippen LogP contribution in [0.4, 0.5) is 5.69 Å². The minimum absolute atomic E-state index is 0.00622. The Labute approximate surface area is 240 Å². The molecule has 10 heteroatoms. The minimum atomic E-state index is -4.19. The molecule has 3 aromatic carbocycles. The van der Waals surface area contributed by atoms with Gasteiger partial charge in [0.25, 0.3) is 10.0 Å². The number of benzene rings is 3. The lowest BCUT2D eigenvalue weighted by molar-refractivity contribution is -0.140. The van der Waals surface area contributed by atoms with E-state index in [0.717, 1.165) is 21.9 Å². The predicted molar refractivity (Wildman–Crippen MR) is 157 cm³/mol. The van der Waals surface area contributed by atoms with Crippen LogP contribution in [-0.2, 0) is 26.2 Å². The Morgan fingerprint density at radius 2 is 1.54 bits per heavy atom. The number of hydrogen-bond acceptors (Lipinski definition) is 4. The van der Waals surface area contributed by atoms with Crippen molar-refractivity contribution >= 4 is 50.7 Å². The van der Waals surface area contributed by atoms with Crippen LogP contribution in [0.1, 0.15) is 37.8 Å². The van der Waals surface area contributed by atoms with Gasteiger partial charge in [-0.15, -0.1) is 0 Å². The standard InChI is InChI=1S/C29H33Cl2N3O4S/c1-4-15-32-29(36)27(5-2)33(19-22-13-11-21(3)12-14-22)28(35)20-34(25-17-23(30)16-24(31)18-25)39(37,38)26-9-7-6-8-10-26/h6-14,16-18,27H,4-5,15,19-20H2,1-3H3,(H,32,36)/t27-/m1/s1. The lowest BCUT2D eigenvalue weighted by Crippen LogP contribution is -2.52. The van der Waals surface area contributed by atoms with Crippen molar-refractivity contribution in [1.82, 2.24) is 10.2 Å². The van der Waals surface area contributed by atoms with Crippen LogP contribution in [0.15, 0.2) is 77.7 Å². The van der Waals surface area contributed by atoms with Crippen molar-refractivity contribution in [2.24, 2.45) is 0 Å². The van der Waals surface area contributed by atoms with Gasteiger partial charge in [0.15, 0.2) is 0 Å². The van der Waals surface area contributed by atoms with Gasteiger partial charge in [-0.2, -0.15) is 0 Å². The number of nitrogens with one attached hydrogen (secondary N) is 1. The van der Waals surface area contributed by atoms with E-state index in [9.17, 15) is 18.0 Å². The Balaban J connectivity index is 2.06. The molecule has 0 saturated carbocycles. The third kappa shape index (κ3) is 7.97. The summed E-state index contributed by atoms with van der Waals surface area (Å²) >= 11 is 12.4. The molecule has 3 aromatic rings. The molecule has 39 heavy (non-hydrogen) atoms. The summed E-state index contributed by atoms with van der Waals surface area (Å²) in [5.41, 5.74) is 2.02. The van der Waals surface area contributed by atoms with Crippen LogP contribution in [-0.4, -0.2) is 44.3 Å². The number of carbonyl (C=O) groups is 2. The van der Waals surface area contributed by atoms with Crippen LogP contribution in [0, 0.1) is 6.92 Å². The largest absolute Gasteiger partial charge is 0.354 e. The van der Waals surface area contributed by atoms with Crippen LogP contribution >= 0.6 is 23.2 Å². The van der Waals surface area contributed by atoms with Crippen molar-refractivity contribution in [2.75, 3.05) is 17.4 Å². The second-order valence-corrected chi connectivity index (χ2v) is 11.9. The molecule has 1 N–H and O–H groups in total. The van der Waals surface area contributed by atoms with Crippen LogP contribution in [0.3, 0.4) is 0 Å². The molecule has 0 saturated heterocycles. The van der Waals surface area contributed by atoms with E-state index in [4.69, 9.17) is 23.2 Å². The molecule has 0 bridgehead atoms. The van der Waals surface area contributed by atoms with E-state index >= 15 is 0 Å². The van der Waals surface area contributed by atoms with Crippen molar-refractivity contribution < 1.29 is 18.0 Å². The number of anilines is 1. The third-order valence-electron chi connectivity index (χ3n) is 6.15. The van der Waals surface area contributed by atoms with Gasteiger partial charge < -0.3 is 10.2 Å². The molecule has 0 heterocycles. The van der Waals surface area contributed by atoms with Crippen molar-refractivity contribution in [3.05, 3.63) is 94.0 Å². The molecule has 0 aliphatic heterocycles. The van der Waals surface area contributed by atoms with Crippen molar-refractivity contribution in [3.63, 3.8) is 0 Å². The fourth-order valence-corrected chi connectivity index (χ4v) is 6.04. The van der Waals surface area contributed by atoms with Crippen molar-refractivity contribution in [3.8, 4) is 0 Å². The van der Waals surface area contributed by atoms with Crippen LogP contribution in [0.25, 0.3) is 0 Å². The summed E-state index contributed by atoms with van der Waals surface area (Å²) in [4.78, 5) is 28.6. The fourth-order valence-electron chi connectivity index (χ4n) is 4.11. The maximum Gasteiger partial charge on any atom is 0.264 e. The van der Waals surface area contributed by atoms with Gasteiger partial charge in [-0.25, -0.2) is 8.42 Å². The number of nitrogens with zero attached hydrogens (tertiary/aromatic N) is 2. The van der Waals surface area contributed by atoms with E-state index in [0.29, 0.717) is 13.0 Å². The number of amides is 2. The summed E-state index contributed by atoms with van der Waals surface area (Å²) in [5.74, 6) is -0.826. The topological polar surface area (TPSA) is 86.8 Å². The first-order valence-corrected chi connectivity index (χ1v) is 14.9. The molecular formula is C29H33Cl2N3O4S. The zero-order chi connectivity index (χ0) is 28.6. The van der Waals surface area contributed by atoms with E-state index in [1.807, 2.05) is 45.0 Å². The molecule has 7 nitrogen and oxygen atoms in total. The molecule has 0 radical (unpaired) electrons. The summed E-state index contributed by atoms with van der Waals surface area (Å²) < 4.78 is 28.6. The highest BCUT2D eigenvalue weighted by atomic mass is 35.5. The zero-order valence-corrected chi connectivity index (χ0v) is 24.6. The smallest absolute Gasteiger partial charge is 0.264 e. The SMILES string of the molecule is CCCNC(=O)[C@@H](CC)N(Cc1ccc(C)cc1)C(=O)CN(c1cc(Cl)cc(Cl)c1)S(=O)(=O)c1ccccc1. The second-order valence-electron chi connectivity index (χ2n) is 9.17. The fraction of sp³-hybridized carbons (Fsp3) is 0.310. The summed E-state index contributed by atoms with van der Waals surface area (Å²) in [5, 5.41) is 3.31. The first-order chi connectivity index (χ1) is 18.6. The van der Waals surface area contributed by atoms with Gasteiger partial charge in [0.1, 0.15) is 12.6 Å². The molecule has 2 amide bonds. The molecule has 0 aromatic heterocycles. The van der Waals surface area contributed by atoms with Crippen molar-refractivity contribution in [2.45, 2.75) is 51.1 Å². The van der Waals surface area contributed by atoms with Crippen LogP contribution in [0.2, 0.25) is 10.0 Å². The van der Waals surface area contributed by atoms with Gasteiger partial charge >= 0.3 is 0 Å². The van der Waals surface area contributed by atoms with Gasteiger partial charge in [0, 0.05) is 23.1 Å². The molecule has 208 valence electrons. The number of rotatable bonds is 12. The Morgan fingerprint density at radius 3 is 2.10 bits per heavy atom. The van der Waals surface area contributed by atoms with E-state index in [-0.39, 0.29) is 33.1 Å². The highest BCUT2D eigenvalue weighted by molar-refractivity contribution is 7.92. The summed E-state index contributed by atoms with van der Waals surface area (Å²) in [6.07, 6.45) is 1.09. The van der Waals surface area contributed by atoms with Gasteiger partial charge in [-0.05, 0) is 55.7 Å². The lowest BCUT2D eigenvalue weighted by atomic mass is 10.1. The van der Waals surface area contributed by atoms with Crippen LogP contribution in [0.5, 0.6) is 0 Å². The predicted octanol–water partition coefficient (Wildman–Crippen LogP) is 5.83. The number of halogens is 2. The Morgan fingerprint density at radius 1 is 0.923 bits per heavy atom. The molecule has 0 aliphatic rings. The van der Waals surface area contributed by atoms with Crippen molar-refractivity contribution in [1.29, 1.82) is 0 Å². The lowest BCUT2D eigenvalue weighted by Gasteiger charge is -2.33. The minimum Gasteiger partial charge on any atom is -0.354 e. The Bertz CT molecular complexity index is 1360. The van der Waals surface area contributed by atoms with Crippen LogP contribution < -0.4 is 9.62 Å². The molecule has 1 atom stereocenters. The normalized spacial score (nSPS) is 12.0. The molecule has 0 spiro atoms. The maximum atomic E-state index is 14.0. The number of sulfonamides is 1. The average molecular weight is 591 g/mol. The van der Waals surface area contributed by atoms with Gasteiger partial charge in [-0.3, -0.25) is 13.9 Å². The summed E-state index contributed by atoms with van der Waals surface area (Å²) in [7, 11) is -4.19. The number of aryl methyl sites for hydroxylation is 1.